The standard InChI is InChI=1S/C16H18N2OS2/c1-2-13-7-8-14(21-13)10-18-15(19)9-11-3-5-12(6-4-11)16(17)20/h3-8H,2,9-10H2,1H3,(H2,17,20)(H,18,19). The molecule has 0 atom stereocenters. The summed E-state index contributed by atoms with van der Waals surface area (Å²) in [5, 5.41) is 2.94. The topological polar surface area (TPSA) is 55.1 Å². The van der Waals surface area contributed by atoms with Gasteiger partial charge in [0.05, 0.1) is 13.0 Å². The third kappa shape index (κ3) is 4.65. The summed E-state index contributed by atoms with van der Waals surface area (Å²) in [5.41, 5.74) is 7.31. The van der Waals surface area contributed by atoms with Crippen LogP contribution in [0.5, 0.6) is 0 Å². The summed E-state index contributed by atoms with van der Waals surface area (Å²) in [6.45, 7) is 2.72. The van der Waals surface area contributed by atoms with Crippen molar-refractivity contribution in [2.24, 2.45) is 5.73 Å². The Balaban J connectivity index is 1.85. The van der Waals surface area contributed by atoms with E-state index in [9.17, 15) is 4.79 Å². The summed E-state index contributed by atoms with van der Waals surface area (Å²) >= 11 is 6.64. The SMILES string of the molecule is CCc1ccc(CNC(=O)Cc2ccc(C(N)=S)cc2)s1. The normalized spacial score (nSPS) is 10.3. The molecule has 0 saturated carbocycles. The van der Waals surface area contributed by atoms with Crippen LogP contribution in [0.2, 0.25) is 0 Å². The molecule has 0 saturated heterocycles. The highest BCUT2D eigenvalue weighted by Gasteiger charge is 2.05. The van der Waals surface area contributed by atoms with E-state index in [0.717, 1.165) is 17.5 Å². The number of amides is 1. The number of aryl methyl sites for hydroxylation is 1. The monoisotopic (exact) mass is 318 g/mol. The highest BCUT2D eigenvalue weighted by atomic mass is 32.1. The number of nitrogens with two attached hydrogens (primary N) is 1. The Morgan fingerprint density at radius 1 is 1.19 bits per heavy atom. The first-order valence-corrected chi connectivity index (χ1v) is 8.04. The lowest BCUT2D eigenvalue weighted by Gasteiger charge is -2.05. The molecule has 1 aromatic carbocycles. The Kier molecular flexibility index (Phi) is 5.47. The first-order valence-electron chi connectivity index (χ1n) is 6.81. The molecule has 21 heavy (non-hydrogen) atoms. The maximum absolute atomic E-state index is 11.9. The zero-order valence-electron chi connectivity index (χ0n) is 11.9. The van der Waals surface area contributed by atoms with Crippen molar-refractivity contribution in [3.05, 3.63) is 57.3 Å². The van der Waals surface area contributed by atoms with E-state index in [1.54, 1.807) is 11.3 Å². The number of carbonyl (C=O) groups is 1. The molecule has 0 aliphatic rings. The summed E-state index contributed by atoms with van der Waals surface area (Å²) in [5.74, 6) is 0.0181. The molecule has 3 nitrogen and oxygen atoms in total. The van der Waals surface area contributed by atoms with Crippen molar-refractivity contribution in [1.29, 1.82) is 0 Å². The van der Waals surface area contributed by atoms with Gasteiger partial charge in [0.15, 0.2) is 0 Å². The molecule has 1 aromatic heterocycles. The van der Waals surface area contributed by atoms with E-state index < -0.39 is 0 Å². The van der Waals surface area contributed by atoms with Crippen LogP contribution in [0.4, 0.5) is 0 Å². The zero-order valence-corrected chi connectivity index (χ0v) is 13.5. The van der Waals surface area contributed by atoms with E-state index in [2.05, 4.69) is 24.4 Å². The summed E-state index contributed by atoms with van der Waals surface area (Å²) in [4.78, 5) is 14.8. The van der Waals surface area contributed by atoms with E-state index in [1.807, 2.05) is 24.3 Å². The highest BCUT2D eigenvalue weighted by molar-refractivity contribution is 7.80. The van der Waals surface area contributed by atoms with Gasteiger partial charge in [-0.15, -0.1) is 11.3 Å². The van der Waals surface area contributed by atoms with Crippen LogP contribution in [-0.4, -0.2) is 10.9 Å². The molecule has 0 aliphatic heterocycles. The second kappa shape index (κ2) is 7.33. The third-order valence-corrected chi connectivity index (χ3v) is 4.59. The summed E-state index contributed by atoms with van der Waals surface area (Å²) in [7, 11) is 0. The molecule has 3 N–H and O–H groups in total. The number of benzene rings is 1. The van der Waals surface area contributed by atoms with Gasteiger partial charge >= 0.3 is 0 Å². The molecule has 110 valence electrons. The van der Waals surface area contributed by atoms with E-state index in [1.165, 1.54) is 9.75 Å². The molecular formula is C16H18N2OS2. The Morgan fingerprint density at radius 2 is 1.86 bits per heavy atom. The molecule has 0 fully saturated rings. The van der Waals surface area contributed by atoms with E-state index in [4.69, 9.17) is 18.0 Å². The van der Waals surface area contributed by atoms with Crippen LogP contribution in [0.1, 0.15) is 27.8 Å². The largest absolute Gasteiger partial charge is 0.389 e. The van der Waals surface area contributed by atoms with Gasteiger partial charge in [-0.1, -0.05) is 43.4 Å². The number of hydrogen-bond donors (Lipinski definition) is 2. The van der Waals surface area contributed by atoms with Crippen LogP contribution in [-0.2, 0) is 24.2 Å². The minimum absolute atomic E-state index is 0.0181. The molecule has 0 radical (unpaired) electrons. The molecule has 0 spiro atoms. The molecule has 0 bridgehead atoms. The van der Waals surface area contributed by atoms with Gasteiger partial charge in [-0.3, -0.25) is 4.79 Å². The summed E-state index contributed by atoms with van der Waals surface area (Å²) < 4.78 is 0. The molecule has 2 aromatic rings. The van der Waals surface area contributed by atoms with Crippen molar-refractivity contribution in [2.45, 2.75) is 26.3 Å². The van der Waals surface area contributed by atoms with Crippen molar-refractivity contribution < 1.29 is 4.79 Å². The fraction of sp³-hybridized carbons (Fsp3) is 0.250. The van der Waals surface area contributed by atoms with Gasteiger partial charge < -0.3 is 11.1 Å². The summed E-state index contributed by atoms with van der Waals surface area (Å²) in [6.07, 6.45) is 1.40. The second-order valence-electron chi connectivity index (χ2n) is 4.74. The Hall–Kier alpha value is -1.72. The van der Waals surface area contributed by atoms with Crippen molar-refractivity contribution in [2.75, 3.05) is 0 Å². The molecule has 1 amide bonds. The van der Waals surface area contributed by atoms with Gasteiger partial charge in [0.2, 0.25) is 5.91 Å². The maximum Gasteiger partial charge on any atom is 0.224 e. The summed E-state index contributed by atoms with van der Waals surface area (Å²) in [6, 6.07) is 11.6. The van der Waals surface area contributed by atoms with Gasteiger partial charge in [0, 0.05) is 15.3 Å². The van der Waals surface area contributed by atoms with Gasteiger partial charge in [-0.25, -0.2) is 0 Å². The minimum Gasteiger partial charge on any atom is -0.389 e. The lowest BCUT2D eigenvalue weighted by molar-refractivity contribution is -0.120. The minimum atomic E-state index is 0.0181. The quantitative estimate of drug-likeness (QED) is 0.805. The number of rotatable bonds is 6. The van der Waals surface area contributed by atoms with Crippen LogP contribution in [0.3, 0.4) is 0 Å². The van der Waals surface area contributed by atoms with E-state index >= 15 is 0 Å². The average Bonchev–Trinajstić information content (AvgIpc) is 2.94. The Bertz CT molecular complexity index is 632. The fourth-order valence-electron chi connectivity index (χ4n) is 1.93. The first kappa shape index (κ1) is 15.7. The van der Waals surface area contributed by atoms with Crippen LogP contribution < -0.4 is 11.1 Å². The van der Waals surface area contributed by atoms with Crippen LogP contribution in [0.15, 0.2) is 36.4 Å². The van der Waals surface area contributed by atoms with Gasteiger partial charge in [-0.2, -0.15) is 0 Å². The third-order valence-electron chi connectivity index (χ3n) is 3.13. The first-order chi connectivity index (χ1) is 10.1. The van der Waals surface area contributed by atoms with Crippen molar-refractivity contribution in [1.82, 2.24) is 5.32 Å². The van der Waals surface area contributed by atoms with Gasteiger partial charge in [0.1, 0.15) is 4.99 Å². The zero-order chi connectivity index (χ0) is 15.2. The Labute approximate surface area is 134 Å². The van der Waals surface area contributed by atoms with Crippen molar-refractivity contribution >= 4 is 34.5 Å². The number of carbonyl (C=O) groups excluding carboxylic acids is 1. The second-order valence-corrected chi connectivity index (χ2v) is 6.43. The molecule has 2 rings (SSSR count). The lowest BCUT2D eigenvalue weighted by Crippen LogP contribution is -2.24. The molecule has 1 heterocycles. The van der Waals surface area contributed by atoms with Crippen molar-refractivity contribution in [3.63, 3.8) is 0 Å². The fourth-order valence-corrected chi connectivity index (χ4v) is 2.96. The number of thiocarbonyl (C=S) groups is 1. The van der Waals surface area contributed by atoms with Gasteiger partial charge in [0.25, 0.3) is 0 Å². The maximum atomic E-state index is 11.9. The predicted octanol–water partition coefficient (Wildman–Crippen LogP) is 2.80. The lowest BCUT2D eigenvalue weighted by atomic mass is 10.1. The molecule has 0 unspecified atom stereocenters. The van der Waals surface area contributed by atoms with E-state index in [-0.39, 0.29) is 5.91 Å². The van der Waals surface area contributed by atoms with E-state index in [0.29, 0.717) is 18.0 Å². The van der Waals surface area contributed by atoms with Crippen LogP contribution in [0, 0.1) is 0 Å². The molecule has 5 heteroatoms. The van der Waals surface area contributed by atoms with Crippen molar-refractivity contribution in [3.8, 4) is 0 Å². The smallest absolute Gasteiger partial charge is 0.224 e. The van der Waals surface area contributed by atoms with Crippen LogP contribution in [0.25, 0.3) is 0 Å². The highest BCUT2D eigenvalue weighted by Crippen LogP contribution is 2.16. The van der Waals surface area contributed by atoms with Gasteiger partial charge in [-0.05, 0) is 24.1 Å². The predicted molar refractivity (Wildman–Crippen MR) is 91.6 cm³/mol. The average molecular weight is 318 g/mol. The number of hydrogen-bond acceptors (Lipinski definition) is 3. The molecular weight excluding hydrogens is 300 g/mol. The Morgan fingerprint density at radius 3 is 2.43 bits per heavy atom. The number of thiophene rings is 1. The molecule has 0 aliphatic carbocycles. The van der Waals surface area contributed by atoms with Crippen LogP contribution >= 0.6 is 23.6 Å². The number of nitrogens with one attached hydrogen (secondary N) is 1.